The monoisotopic (exact) mass is 562 g/mol. The Labute approximate surface area is 226 Å². The largest absolute Gasteiger partial charge is 0.507 e. The van der Waals surface area contributed by atoms with Crippen LogP contribution in [-0.2, 0) is 14.2 Å². The zero-order valence-corrected chi connectivity index (χ0v) is 21.1. The number of benzene rings is 2. The average molecular weight is 563 g/mol. The Balaban J connectivity index is 1.44. The summed E-state index contributed by atoms with van der Waals surface area (Å²) >= 11 is 0. The first-order chi connectivity index (χ1) is 19.0. The maximum Gasteiger partial charge on any atom is 0.197 e. The van der Waals surface area contributed by atoms with E-state index in [0.717, 1.165) is 12.1 Å². The summed E-state index contributed by atoms with van der Waals surface area (Å²) < 4.78 is 22.3. The van der Waals surface area contributed by atoms with Crippen LogP contribution in [0.4, 0.5) is 0 Å². The molecular formula is C27H30O13. The fourth-order valence-corrected chi connectivity index (χ4v) is 5.00. The zero-order chi connectivity index (χ0) is 28.9. The van der Waals surface area contributed by atoms with E-state index in [4.69, 9.17) is 18.6 Å². The number of fused-ring (bicyclic) bond motifs is 1. The summed E-state index contributed by atoms with van der Waals surface area (Å²) in [6, 6.07) is 10.9. The van der Waals surface area contributed by atoms with Gasteiger partial charge in [0.2, 0.25) is 0 Å². The van der Waals surface area contributed by atoms with Crippen LogP contribution in [0.3, 0.4) is 0 Å². The molecule has 2 aliphatic rings. The van der Waals surface area contributed by atoms with Crippen molar-refractivity contribution in [1.82, 2.24) is 0 Å². The molecule has 0 radical (unpaired) electrons. The Hall–Kier alpha value is -3.11. The minimum Gasteiger partial charge on any atom is -0.507 e. The number of aliphatic hydroxyl groups is 6. The summed E-state index contributed by atoms with van der Waals surface area (Å²) in [5.74, 6) is -1.19. The first-order valence-corrected chi connectivity index (χ1v) is 12.6. The van der Waals surface area contributed by atoms with E-state index in [0.29, 0.717) is 5.56 Å². The molecule has 0 amide bonds. The second-order valence-electron chi connectivity index (χ2n) is 9.95. The molecule has 10 unspecified atom stereocenters. The molecule has 8 N–H and O–H groups in total. The molecule has 3 aromatic rings. The van der Waals surface area contributed by atoms with Crippen molar-refractivity contribution in [3.05, 3.63) is 58.3 Å². The first-order valence-electron chi connectivity index (χ1n) is 12.6. The van der Waals surface area contributed by atoms with E-state index in [9.17, 15) is 45.6 Å². The molecule has 3 heterocycles. The van der Waals surface area contributed by atoms with E-state index in [1.165, 1.54) is 6.92 Å². The number of phenolic OH excluding ortho intramolecular Hbond substituents is 2. The van der Waals surface area contributed by atoms with Crippen molar-refractivity contribution in [2.75, 3.05) is 6.61 Å². The maximum atomic E-state index is 13.0. The lowest BCUT2D eigenvalue weighted by Gasteiger charge is -2.43. The van der Waals surface area contributed by atoms with Crippen LogP contribution in [0.2, 0.25) is 0 Å². The lowest BCUT2D eigenvalue weighted by Crippen LogP contribution is -2.59. The molecule has 0 saturated carbocycles. The van der Waals surface area contributed by atoms with Gasteiger partial charge >= 0.3 is 0 Å². The topological polar surface area (TPSA) is 220 Å². The van der Waals surface area contributed by atoms with Gasteiger partial charge in [-0.15, -0.1) is 0 Å². The molecular weight excluding hydrogens is 532 g/mol. The molecule has 0 bridgehead atoms. The van der Waals surface area contributed by atoms with Crippen molar-refractivity contribution < 1.29 is 59.5 Å². The summed E-state index contributed by atoms with van der Waals surface area (Å²) in [5.41, 5.74) is -0.645. The van der Waals surface area contributed by atoms with Gasteiger partial charge < -0.3 is 59.5 Å². The van der Waals surface area contributed by atoms with Gasteiger partial charge in [-0.25, -0.2) is 0 Å². The van der Waals surface area contributed by atoms with Crippen LogP contribution < -0.4 is 5.43 Å². The van der Waals surface area contributed by atoms with E-state index in [1.54, 1.807) is 30.3 Å². The summed E-state index contributed by atoms with van der Waals surface area (Å²) in [5, 5.41) is 83.3. The van der Waals surface area contributed by atoms with Crippen LogP contribution in [0, 0.1) is 0 Å². The molecule has 13 heteroatoms. The lowest BCUT2D eigenvalue weighted by molar-refractivity contribution is -0.308. The number of rotatable bonds is 5. The second kappa shape index (κ2) is 11.0. The Bertz CT molecular complexity index is 1410. The third kappa shape index (κ3) is 4.96. The van der Waals surface area contributed by atoms with Crippen LogP contribution in [-0.4, -0.2) is 103 Å². The van der Waals surface area contributed by atoms with E-state index in [1.807, 2.05) is 0 Å². The predicted octanol–water partition coefficient (Wildman–Crippen LogP) is -0.762. The van der Waals surface area contributed by atoms with Crippen molar-refractivity contribution in [3.8, 4) is 22.8 Å². The fraction of sp³-hybridized carbons (Fsp3) is 0.444. The number of hydrogen-bond donors (Lipinski definition) is 8. The third-order valence-corrected chi connectivity index (χ3v) is 7.30. The smallest absolute Gasteiger partial charge is 0.197 e. The highest BCUT2D eigenvalue weighted by atomic mass is 16.7. The standard InChI is InChI=1S/C27H30O13/c1-10-19(30)22(33)25(36)27(38-10)37-9-16-20(31)23(34)24(35)26(40-16)18-13(29)8-15-17(21(18)32)12(28)7-14(39-15)11-5-3-2-4-6-11/h2-8,10,16,19-20,22-27,29-36H,9H2,1H3. The van der Waals surface area contributed by atoms with Gasteiger partial charge in [-0.2, -0.15) is 0 Å². The van der Waals surface area contributed by atoms with Crippen LogP contribution in [0.15, 0.2) is 51.7 Å². The number of phenols is 2. The lowest BCUT2D eigenvalue weighted by atomic mass is 9.89. The van der Waals surface area contributed by atoms with E-state index in [-0.39, 0.29) is 16.7 Å². The van der Waals surface area contributed by atoms with Crippen LogP contribution >= 0.6 is 0 Å². The zero-order valence-electron chi connectivity index (χ0n) is 21.1. The van der Waals surface area contributed by atoms with Crippen molar-refractivity contribution in [2.24, 2.45) is 0 Å². The quantitative estimate of drug-likeness (QED) is 0.192. The van der Waals surface area contributed by atoms with Crippen LogP contribution in [0.1, 0.15) is 18.6 Å². The van der Waals surface area contributed by atoms with E-state index < -0.39 is 90.3 Å². The van der Waals surface area contributed by atoms with Gasteiger partial charge in [0.05, 0.1) is 18.3 Å². The van der Waals surface area contributed by atoms with Crippen molar-refractivity contribution in [1.29, 1.82) is 0 Å². The Morgan fingerprint density at radius 2 is 1.50 bits per heavy atom. The summed E-state index contributed by atoms with van der Waals surface area (Å²) in [4.78, 5) is 13.0. The number of aliphatic hydroxyl groups excluding tert-OH is 6. The van der Waals surface area contributed by atoms with Crippen molar-refractivity contribution in [3.63, 3.8) is 0 Å². The highest BCUT2D eigenvalue weighted by molar-refractivity contribution is 5.88. The fourth-order valence-electron chi connectivity index (χ4n) is 5.00. The summed E-state index contributed by atoms with van der Waals surface area (Å²) in [6.07, 6.45) is -15.4. The minimum atomic E-state index is -1.86. The predicted molar refractivity (Wildman–Crippen MR) is 135 cm³/mol. The molecule has 0 spiro atoms. The van der Waals surface area contributed by atoms with Gasteiger partial charge in [-0.3, -0.25) is 4.79 Å². The summed E-state index contributed by atoms with van der Waals surface area (Å²) in [7, 11) is 0. The molecule has 1 aromatic heterocycles. The number of ether oxygens (including phenoxy) is 3. The molecule has 216 valence electrons. The average Bonchev–Trinajstić information content (AvgIpc) is 2.93. The van der Waals surface area contributed by atoms with Crippen molar-refractivity contribution in [2.45, 2.75) is 68.1 Å². The van der Waals surface area contributed by atoms with Gasteiger partial charge in [0.15, 0.2) is 11.7 Å². The van der Waals surface area contributed by atoms with Crippen LogP contribution in [0.5, 0.6) is 11.5 Å². The summed E-state index contributed by atoms with van der Waals surface area (Å²) in [6.45, 7) is 0.902. The van der Waals surface area contributed by atoms with Gasteiger partial charge in [0, 0.05) is 17.7 Å². The van der Waals surface area contributed by atoms with Gasteiger partial charge in [-0.1, -0.05) is 30.3 Å². The van der Waals surface area contributed by atoms with Gasteiger partial charge in [-0.05, 0) is 6.92 Å². The molecule has 2 fully saturated rings. The molecule has 10 atom stereocenters. The van der Waals surface area contributed by atoms with Crippen LogP contribution in [0.25, 0.3) is 22.3 Å². The second-order valence-corrected chi connectivity index (χ2v) is 9.95. The maximum absolute atomic E-state index is 13.0. The number of hydrogen-bond acceptors (Lipinski definition) is 13. The molecule has 2 saturated heterocycles. The van der Waals surface area contributed by atoms with E-state index in [2.05, 4.69) is 0 Å². The molecule has 2 aromatic carbocycles. The minimum absolute atomic E-state index is 0.144. The molecule has 13 nitrogen and oxygen atoms in total. The molecule has 0 aliphatic carbocycles. The van der Waals surface area contributed by atoms with Crippen molar-refractivity contribution >= 4 is 11.0 Å². The van der Waals surface area contributed by atoms with Gasteiger partial charge in [0.25, 0.3) is 0 Å². The highest BCUT2D eigenvalue weighted by Gasteiger charge is 2.48. The Morgan fingerprint density at radius 3 is 2.20 bits per heavy atom. The van der Waals surface area contributed by atoms with Gasteiger partial charge in [0.1, 0.15) is 77.1 Å². The normalized spacial score (nSPS) is 34.7. The van der Waals surface area contributed by atoms with E-state index >= 15 is 0 Å². The molecule has 40 heavy (non-hydrogen) atoms. The SMILES string of the molecule is CC1OC(OCC2OC(c3c(O)cc4oc(-c5ccccc5)cc(=O)c4c3O)C(O)C(O)C2O)C(O)C(O)C1O. The molecule has 5 rings (SSSR count). The first kappa shape index (κ1) is 28.4. The molecule has 2 aliphatic heterocycles. The Morgan fingerprint density at radius 1 is 0.825 bits per heavy atom. The third-order valence-electron chi connectivity index (χ3n) is 7.30. The number of aromatic hydroxyl groups is 2. The highest BCUT2D eigenvalue weighted by Crippen LogP contribution is 2.44. The Kier molecular flexibility index (Phi) is 7.85.